The molecule has 28 heavy (non-hydrogen) atoms. The molecule has 0 unspecified atom stereocenters. The van der Waals surface area contributed by atoms with E-state index in [-0.39, 0.29) is 11.8 Å². The minimum atomic E-state index is -0.235. The van der Waals surface area contributed by atoms with Gasteiger partial charge in [-0.25, -0.2) is 4.98 Å². The summed E-state index contributed by atoms with van der Waals surface area (Å²) in [5.41, 5.74) is 7.34. The topological polar surface area (TPSA) is 71.1 Å². The number of nitrogens with zero attached hydrogens (tertiary/aromatic N) is 1. The minimum Gasteiger partial charge on any atom is -0.273 e. The molecular weight excluding hydrogens is 390 g/mol. The molecule has 0 saturated carbocycles. The molecule has 146 valence electrons. The largest absolute Gasteiger partial charge is 0.279 e. The molecule has 2 aromatic heterocycles. The number of rotatable bonds is 5. The van der Waals surface area contributed by atoms with Gasteiger partial charge in [-0.1, -0.05) is 25.5 Å². The van der Waals surface area contributed by atoms with E-state index < -0.39 is 0 Å². The van der Waals surface area contributed by atoms with Gasteiger partial charge in [-0.3, -0.25) is 20.4 Å². The summed E-state index contributed by atoms with van der Waals surface area (Å²) in [6.07, 6.45) is 5.35. The van der Waals surface area contributed by atoms with Crippen molar-refractivity contribution in [2.45, 2.75) is 45.4 Å². The van der Waals surface area contributed by atoms with Crippen molar-refractivity contribution in [3.05, 3.63) is 50.7 Å². The van der Waals surface area contributed by atoms with Gasteiger partial charge in [-0.05, 0) is 48.9 Å². The third-order valence-electron chi connectivity index (χ3n) is 5.21. The van der Waals surface area contributed by atoms with E-state index in [1.807, 2.05) is 30.3 Å². The Bertz CT molecular complexity index is 975. The molecule has 5 nitrogen and oxygen atoms in total. The second-order valence-electron chi connectivity index (χ2n) is 7.15. The van der Waals surface area contributed by atoms with E-state index in [2.05, 4.69) is 22.8 Å². The van der Waals surface area contributed by atoms with E-state index in [1.54, 1.807) is 22.7 Å². The molecule has 1 atom stereocenters. The van der Waals surface area contributed by atoms with Crippen LogP contribution in [0.3, 0.4) is 0 Å². The van der Waals surface area contributed by atoms with Crippen LogP contribution in [0, 0.1) is 5.92 Å². The third-order valence-corrected chi connectivity index (χ3v) is 7.54. The van der Waals surface area contributed by atoms with Crippen LogP contribution >= 0.6 is 22.7 Å². The van der Waals surface area contributed by atoms with E-state index in [9.17, 15) is 9.59 Å². The highest BCUT2D eigenvalue weighted by Gasteiger charge is 2.22. The second kappa shape index (κ2) is 8.41. The second-order valence-corrected chi connectivity index (χ2v) is 9.41. The molecule has 0 radical (unpaired) electrons. The zero-order chi connectivity index (χ0) is 19.5. The van der Waals surface area contributed by atoms with Crippen molar-refractivity contribution >= 4 is 44.7 Å². The Labute approximate surface area is 172 Å². The Balaban J connectivity index is 1.27. The summed E-state index contributed by atoms with van der Waals surface area (Å²) in [6.45, 7) is 2.22. The molecular formula is C21H23N3O2S2. The molecule has 3 aromatic rings. The number of aromatic nitrogens is 1. The summed E-state index contributed by atoms with van der Waals surface area (Å²) in [6, 6.07) is 9.93. The van der Waals surface area contributed by atoms with Crippen molar-refractivity contribution in [1.29, 1.82) is 0 Å². The number of carbonyl (C=O) groups is 2. The predicted octanol–water partition coefficient (Wildman–Crippen LogP) is 4.27. The number of para-hydroxylation sites is 1. The summed E-state index contributed by atoms with van der Waals surface area (Å²) < 4.78 is 1.12. The van der Waals surface area contributed by atoms with Crippen molar-refractivity contribution in [3.63, 3.8) is 0 Å². The van der Waals surface area contributed by atoms with Gasteiger partial charge in [0.1, 0.15) is 0 Å². The molecule has 0 spiro atoms. The fourth-order valence-electron chi connectivity index (χ4n) is 3.56. The SMILES string of the molecule is CC[C@@H]1CCc2sc(C(=O)NNC(=O)CCc3nc4ccccc4s3)cc2C1. The lowest BCUT2D eigenvalue weighted by Crippen LogP contribution is -2.41. The highest BCUT2D eigenvalue weighted by atomic mass is 32.1. The van der Waals surface area contributed by atoms with Gasteiger partial charge in [0.15, 0.2) is 0 Å². The number of thiazole rings is 1. The first-order chi connectivity index (χ1) is 13.6. The number of fused-ring (bicyclic) bond motifs is 2. The summed E-state index contributed by atoms with van der Waals surface area (Å²) in [7, 11) is 0. The average Bonchev–Trinajstić information content (AvgIpc) is 3.33. The van der Waals surface area contributed by atoms with Crippen molar-refractivity contribution in [3.8, 4) is 0 Å². The molecule has 2 amide bonds. The van der Waals surface area contributed by atoms with Crippen LogP contribution in [0.25, 0.3) is 10.2 Å². The van der Waals surface area contributed by atoms with E-state index in [4.69, 9.17) is 0 Å². The van der Waals surface area contributed by atoms with Gasteiger partial charge in [-0.2, -0.15) is 0 Å². The summed E-state index contributed by atoms with van der Waals surface area (Å²) in [5, 5.41) is 0.930. The quantitative estimate of drug-likeness (QED) is 0.614. The van der Waals surface area contributed by atoms with E-state index in [0.717, 1.165) is 34.0 Å². The zero-order valence-corrected chi connectivity index (χ0v) is 17.4. The Hall–Kier alpha value is -2.25. The van der Waals surface area contributed by atoms with E-state index in [1.165, 1.54) is 23.3 Å². The minimum absolute atomic E-state index is 0.208. The molecule has 1 aromatic carbocycles. The molecule has 0 aliphatic heterocycles. The van der Waals surface area contributed by atoms with E-state index in [0.29, 0.717) is 17.7 Å². The van der Waals surface area contributed by atoms with Crippen LogP contribution in [0.15, 0.2) is 30.3 Å². The lowest BCUT2D eigenvalue weighted by Gasteiger charge is -2.19. The van der Waals surface area contributed by atoms with Crippen LogP contribution in [-0.2, 0) is 24.1 Å². The van der Waals surface area contributed by atoms with Gasteiger partial charge in [0.05, 0.1) is 20.1 Å². The van der Waals surface area contributed by atoms with Crippen LogP contribution in [-0.4, -0.2) is 16.8 Å². The molecule has 0 bridgehead atoms. The van der Waals surface area contributed by atoms with Crippen molar-refractivity contribution in [1.82, 2.24) is 15.8 Å². The Morgan fingerprint density at radius 2 is 2.07 bits per heavy atom. The lowest BCUT2D eigenvalue weighted by atomic mass is 9.87. The van der Waals surface area contributed by atoms with Gasteiger partial charge < -0.3 is 0 Å². The van der Waals surface area contributed by atoms with Crippen LogP contribution in [0.5, 0.6) is 0 Å². The number of nitrogens with one attached hydrogen (secondary N) is 2. The number of thiophene rings is 1. The van der Waals surface area contributed by atoms with Crippen molar-refractivity contribution < 1.29 is 9.59 Å². The molecule has 2 N–H and O–H groups in total. The number of benzene rings is 1. The van der Waals surface area contributed by atoms with Gasteiger partial charge in [0, 0.05) is 17.7 Å². The maximum Gasteiger partial charge on any atom is 0.279 e. The maximum absolute atomic E-state index is 12.4. The highest BCUT2D eigenvalue weighted by molar-refractivity contribution is 7.18. The maximum atomic E-state index is 12.4. The smallest absolute Gasteiger partial charge is 0.273 e. The molecule has 0 fully saturated rings. The molecule has 1 aliphatic rings. The number of aryl methyl sites for hydroxylation is 2. The first kappa shape index (κ1) is 19.1. The molecule has 1 aliphatic carbocycles. The standard InChI is InChI=1S/C21H23N3O2S2/c1-2-13-7-8-16-14(11-13)12-18(27-16)21(26)24-23-19(25)9-10-20-22-15-5-3-4-6-17(15)28-20/h3-6,12-13H,2,7-11H2,1H3,(H,23,25)(H,24,26)/t13-/m1/s1. The predicted molar refractivity (Wildman–Crippen MR) is 114 cm³/mol. The number of hydrogen-bond donors (Lipinski definition) is 2. The monoisotopic (exact) mass is 413 g/mol. The fourth-order valence-corrected chi connectivity index (χ4v) is 5.63. The molecule has 7 heteroatoms. The van der Waals surface area contributed by atoms with Gasteiger partial charge in [-0.15, -0.1) is 22.7 Å². The van der Waals surface area contributed by atoms with Crippen LogP contribution in [0.4, 0.5) is 0 Å². The van der Waals surface area contributed by atoms with Crippen molar-refractivity contribution in [2.75, 3.05) is 0 Å². The molecule has 4 rings (SSSR count). The van der Waals surface area contributed by atoms with Gasteiger partial charge in [0.25, 0.3) is 5.91 Å². The fraction of sp³-hybridized carbons (Fsp3) is 0.381. The Kier molecular flexibility index (Phi) is 5.73. The summed E-state index contributed by atoms with van der Waals surface area (Å²) in [5.74, 6) is 0.279. The summed E-state index contributed by atoms with van der Waals surface area (Å²) >= 11 is 3.15. The van der Waals surface area contributed by atoms with Gasteiger partial charge >= 0.3 is 0 Å². The number of hydrazine groups is 1. The first-order valence-corrected chi connectivity index (χ1v) is 11.3. The number of amides is 2. The lowest BCUT2D eigenvalue weighted by molar-refractivity contribution is -0.121. The third kappa shape index (κ3) is 4.25. The number of carbonyl (C=O) groups excluding carboxylic acids is 2. The molecule has 2 heterocycles. The van der Waals surface area contributed by atoms with E-state index >= 15 is 0 Å². The van der Waals surface area contributed by atoms with Crippen LogP contribution in [0.2, 0.25) is 0 Å². The zero-order valence-electron chi connectivity index (χ0n) is 15.8. The first-order valence-electron chi connectivity index (χ1n) is 9.67. The van der Waals surface area contributed by atoms with Crippen LogP contribution < -0.4 is 10.9 Å². The summed E-state index contributed by atoms with van der Waals surface area (Å²) in [4.78, 5) is 31.0. The molecule has 0 saturated heterocycles. The Morgan fingerprint density at radius 1 is 1.21 bits per heavy atom. The normalized spacial score (nSPS) is 16.0. The number of hydrogen-bond acceptors (Lipinski definition) is 5. The van der Waals surface area contributed by atoms with Gasteiger partial charge in [0.2, 0.25) is 5.91 Å². The highest BCUT2D eigenvalue weighted by Crippen LogP contribution is 2.33. The van der Waals surface area contributed by atoms with Crippen molar-refractivity contribution in [2.24, 2.45) is 5.92 Å². The Morgan fingerprint density at radius 3 is 2.89 bits per heavy atom. The average molecular weight is 414 g/mol. The van der Waals surface area contributed by atoms with Crippen LogP contribution in [0.1, 0.15) is 51.3 Å².